The lowest BCUT2D eigenvalue weighted by atomic mass is 10.1. The molecule has 1 aliphatic rings. The topological polar surface area (TPSA) is 49.4 Å². The van der Waals surface area contributed by atoms with Crippen LogP contribution in [0.25, 0.3) is 0 Å². The van der Waals surface area contributed by atoms with Gasteiger partial charge >= 0.3 is 0 Å². The molecule has 1 N–H and O–H groups in total. The average Bonchev–Trinajstić information content (AvgIpc) is 2.23. The van der Waals surface area contributed by atoms with Crippen LogP contribution in [0, 0.1) is 0 Å². The van der Waals surface area contributed by atoms with Crippen LogP contribution in [-0.4, -0.2) is 57.5 Å². The monoisotopic (exact) mass is 248 g/mol. The van der Waals surface area contributed by atoms with Gasteiger partial charge in [-0.05, 0) is 32.4 Å². The Hall–Kier alpha value is -0.130. The number of likely N-dealkylation sites (tertiary alicyclic amines) is 1. The summed E-state index contributed by atoms with van der Waals surface area (Å²) in [4.78, 5) is 2.26. The first kappa shape index (κ1) is 13.9. The van der Waals surface area contributed by atoms with Crippen LogP contribution in [0.2, 0.25) is 0 Å². The predicted octanol–water partition coefficient (Wildman–Crippen LogP) is 0.495. The van der Waals surface area contributed by atoms with Gasteiger partial charge in [-0.15, -0.1) is 0 Å². The smallest absolute Gasteiger partial charge is 0.148 e. The van der Waals surface area contributed by atoms with Gasteiger partial charge in [0, 0.05) is 25.4 Å². The number of hydrogen-bond acceptors (Lipinski definition) is 4. The molecule has 0 aromatic heterocycles. The Kier molecular flexibility index (Phi) is 5.72. The molecule has 1 saturated heterocycles. The van der Waals surface area contributed by atoms with Gasteiger partial charge in [0.25, 0.3) is 0 Å². The number of sulfone groups is 1. The van der Waals surface area contributed by atoms with Crippen molar-refractivity contribution in [3.63, 3.8) is 0 Å². The fourth-order valence-electron chi connectivity index (χ4n) is 2.07. The minimum Gasteiger partial charge on any atom is -0.313 e. The second kappa shape index (κ2) is 6.57. The summed E-state index contributed by atoms with van der Waals surface area (Å²) in [7, 11) is -2.82. The quantitative estimate of drug-likeness (QED) is 0.743. The van der Waals surface area contributed by atoms with Crippen molar-refractivity contribution in [3.8, 4) is 0 Å². The summed E-state index contributed by atoms with van der Waals surface area (Å²) in [6.07, 6.45) is 4.85. The average molecular weight is 248 g/mol. The molecule has 0 saturated carbocycles. The molecule has 0 aromatic rings. The maximum atomic E-state index is 11.1. The minimum absolute atomic E-state index is 0.285. The van der Waals surface area contributed by atoms with Gasteiger partial charge < -0.3 is 10.2 Å². The Morgan fingerprint density at radius 1 is 1.44 bits per heavy atom. The molecule has 0 bridgehead atoms. The molecule has 96 valence electrons. The summed E-state index contributed by atoms with van der Waals surface area (Å²) in [5.74, 6) is 0.285. The summed E-state index contributed by atoms with van der Waals surface area (Å²) >= 11 is 0. The molecule has 0 amide bonds. The SMILES string of the molecule is CCCNC1CCCN(CCS(C)(=O)=O)C1. The highest BCUT2D eigenvalue weighted by molar-refractivity contribution is 7.90. The fourth-order valence-corrected chi connectivity index (χ4v) is 2.66. The van der Waals surface area contributed by atoms with Gasteiger partial charge in [0.2, 0.25) is 0 Å². The van der Waals surface area contributed by atoms with Gasteiger partial charge in [-0.3, -0.25) is 0 Å². The first-order valence-electron chi connectivity index (χ1n) is 6.14. The van der Waals surface area contributed by atoms with E-state index in [0.717, 1.165) is 26.1 Å². The molecule has 0 radical (unpaired) electrons. The van der Waals surface area contributed by atoms with Gasteiger partial charge in [-0.2, -0.15) is 0 Å². The maximum Gasteiger partial charge on any atom is 0.148 e. The van der Waals surface area contributed by atoms with E-state index in [1.54, 1.807) is 0 Å². The van der Waals surface area contributed by atoms with Crippen molar-refractivity contribution in [2.75, 3.05) is 38.2 Å². The van der Waals surface area contributed by atoms with Crippen LogP contribution in [0.4, 0.5) is 0 Å². The Bertz CT molecular complexity index is 290. The van der Waals surface area contributed by atoms with E-state index in [1.165, 1.54) is 19.1 Å². The molecule has 5 heteroatoms. The highest BCUT2D eigenvalue weighted by Crippen LogP contribution is 2.09. The van der Waals surface area contributed by atoms with Crippen LogP contribution in [0.3, 0.4) is 0 Å². The van der Waals surface area contributed by atoms with Crippen molar-refractivity contribution in [2.24, 2.45) is 0 Å². The standard InChI is InChI=1S/C11H24N2O2S/c1-3-6-12-11-5-4-7-13(10-11)8-9-16(2,14)15/h11-12H,3-10H2,1-2H3. The lowest BCUT2D eigenvalue weighted by molar-refractivity contribution is 0.200. The highest BCUT2D eigenvalue weighted by Gasteiger charge is 2.19. The molecular formula is C11H24N2O2S. The molecule has 1 unspecified atom stereocenters. The molecule has 1 atom stereocenters. The third kappa shape index (κ3) is 5.82. The lowest BCUT2D eigenvalue weighted by Gasteiger charge is -2.33. The normalized spacial score (nSPS) is 23.5. The second-order valence-electron chi connectivity index (χ2n) is 4.72. The molecule has 1 fully saturated rings. The Morgan fingerprint density at radius 2 is 2.19 bits per heavy atom. The zero-order valence-corrected chi connectivity index (χ0v) is 11.2. The van der Waals surface area contributed by atoms with Crippen LogP contribution in [0.15, 0.2) is 0 Å². The van der Waals surface area contributed by atoms with E-state index in [-0.39, 0.29) is 5.75 Å². The van der Waals surface area contributed by atoms with E-state index in [4.69, 9.17) is 0 Å². The van der Waals surface area contributed by atoms with Crippen LogP contribution in [0.1, 0.15) is 26.2 Å². The number of nitrogens with one attached hydrogen (secondary N) is 1. The molecular weight excluding hydrogens is 224 g/mol. The summed E-state index contributed by atoms with van der Waals surface area (Å²) < 4.78 is 22.2. The second-order valence-corrected chi connectivity index (χ2v) is 6.98. The molecule has 0 aromatic carbocycles. The van der Waals surface area contributed by atoms with Gasteiger partial charge in [0.1, 0.15) is 9.84 Å². The Labute approximate surface area is 99.3 Å². The molecule has 1 rings (SSSR count). The van der Waals surface area contributed by atoms with Gasteiger partial charge in [-0.1, -0.05) is 6.92 Å². The fraction of sp³-hybridized carbons (Fsp3) is 1.00. The zero-order valence-electron chi connectivity index (χ0n) is 10.4. The van der Waals surface area contributed by atoms with E-state index in [9.17, 15) is 8.42 Å². The summed E-state index contributed by atoms with van der Waals surface area (Å²) in [5, 5.41) is 3.51. The highest BCUT2D eigenvalue weighted by atomic mass is 32.2. The van der Waals surface area contributed by atoms with Crippen molar-refractivity contribution >= 4 is 9.84 Å². The van der Waals surface area contributed by atoms with Crippen molar-refractivity contribution in [3.05, 3.63) is 0 Å². The number of rotatable bonds is 6. The Balaban J connectivity index is 2.27. The van der Waals surface area contributed by atoms with Crippen LogP contribution >= 0.6 is 0 Å². The number of hydrogen-bond donors (Lipinski definition) is 1. The molecule has 1 aliphatic heterocycles. The van der Waals surface area contributed by atoms with E-state index in [2.05, 4.69) is 17.1 Å². The van der Waals surface area contributed by atoms with Crippen LogP contribution in [0.5, 0.6) is 0 Å². The number of piperidine rings is 1. The van der Waals surface area contributed by atoms with E-state index in [0.29, 0.717) is 12.6 Å². The van der Waals surface area contributed by atoms with E-state index < -0.39 is 9.84 Å². The molecule has 16 heavy (non-hydrogen) atoms. The predicted molar refractivity (Wildman–Crippen MR) is 67.5 cm³/mol. The first-order valence-corrected chi connectivity index (χ1v) is 8.21. The van der Waals surface area contributed by atoms with Crippen LogP contribution < -0.4 is 5.32 Å². The van der Waals surface area contributed by atoms with Crippen molar-refractivity contribution in [2.45, 2.75) is 32.2 Å². The maximum absolute atomic E-state index is 11.1. The van der Waals surface area contributed by atoms with Gasteiger partial charge in [-0.25, -0.2) is 8.42 Å². The molecule has 4 nitrogen and oxygen atoms in total. The third-order valence-electron chi connectivity index (χ3n) is 2.97. The van der Waals surface area contributed by atoms with E-state index >= 15 is 0 Å². The first-order chi connectivity index (χ1) is 7.51. The van der Waals surface area contributed by atoms with Gasteiger partial charge in [0.05, 0.1) is 5.75 Å². The molecule has 1 heterocycles. The van der Waals surface area contributed by atoms with Crippen molar-refractivity contribution < 1.29 is 8.42 Å². The van der Waals surface area contributed by atoms with Crippen molar-refractivity contribution in [1.29, 1.82) is 0 Å². The third-order valence-corrected chi connectivity index (χ3v) is 3.89. The summed E-state index contributed by atoms with van der Waals surface area (Å²) in [5.41, 5.74) is 0. The van der Waals surface area contributed by atoms with E-state index in [1.807, 2.05) is 0 Å². The molecule has 0 aliphatic carbocycles. The van der Waals surface area contributed by atoms with Crippen molar-refractivity contribution in [1.82, 2.24) is 10.2 Å². The minimum atomic E-state index is -2.82. The number of nitrogens with zero attached hydrogens (tertiary/aromatic N) is 1. The van der Waals surface area contributed by atoms with Crippen LogP contribution in [-0.2, 0) is 9.84 Å². The van der Waals surface area contributed by atoms with Gasteiger partial charge in [0.15, 0.2) is 0 Å². The largest absolute Gasteiger partial charge is 0.313 e. The summed E-state index contributed by atoms with van der Waals surface area (Å²) in [6, 6.07) is 0.549. The zero-order chi connectivity index (χ0) is 12.0. The molecule has 0 spiro atoms. The Morgan fingerprint density at radius 3 is 2.81 bits per heavy atom. The summed E-state index contributed by atoms with van der Waals surface area (Å²) in [6.45, 7) is 5.94. The lowest BCUT2D eigenvalue weighted by Crippen LogP contribution is -2.47.